The van der Waals surface area contributed by atoms with Crippen molar-refractivity contribution in [3.05, 3.63) is 5.82 Å². The standard InChI is InChI=1S/C14H22N4O2S/c1-14(15-2,12(19)20-3)8-21-13-17-16-11(9-4-5-9)18(13)10-6-7-10/h9-10,15H,4-8H2,1-3H3. The Morgan fingerprint density at radius 2 is 2.14 bits per heavy atom. The molecule has 7 heteroatoms. The molecule has 1 heterocycles. The first kappa shape index (κ1) is 14.8. The summed E-state index contributed by atoms with van der Waals surface area (Å²) in [5, 5.41) is 12.7. The zero-order chi connectivity index (χ0) is 15.0. The largest absolute Gasteiger partial charge is 0.468 e. The average Bonchev–Trinajstić information content (AvgIpc) is 3.42. The van der Waals surface area contributed by atoms with E-state index in [0.717, 1.165) is 11.0 Å². The first-order valence-electron chi connectivity index (χ1n) is 7.44. The maximum absolute atomic E-state index is 11.9. The van der Waals surface area contributed by atoms with E-state index in [9.17, 15) is 4.79 Å². The molecule has 1 atom stereocenters. The Labute approximate surface area is 129 Å². The van der Waals surface area contributed by atoms with Crippen LogP contribution in [-0.4, -0.2) is 46.2 Å². The smallest absolute Gasteiger partial charge is 0.326 e. The normalized spacial score (nSPS) is 21.1. The predicted octanol–water partition coefficient (Wildman–Crippen LogP) is 1.73. The molecular formula is C14H22N4O2S. The fourth-order valence-electron chi connectivity index (χ4n) is 2.35. The molecule has 2 fully saturated rings. The molecule has 116 valence electrons. The number of ether oxygens (including phenoxy) is 1. The average molecular weight is 310 g/mol. The molecular weight excluding hydrogens is 288 g/mol. The highest BCUT2D eigenvalue weighted by Gasteiger charge is 2.38. The third-order valence-corrected chi connectivity index (χ3v) is 5.48. The topological polar surface area (TPSA) is 69.0 Å². The number of likely N-dealkylation sites (N-methyl/N-ethyl adjacent to an activating group) is 1. The molecule has 6 nitrogen and oxygen atoms in total. The number of methoxy groups -OCH3 is 1. The lowest BCUT2D eigenvalue weighted by Crippen LogP contribution is -2.50. The van der Waals surface area contributed by atoms with Crippen molar-refractivity contribution in [2.24, 2.45) is 0 Å². The molecule has 3 rings (SSSR count). The van der Waals surface area contributed by atoms with Gasteiger partial charge in [0.25, 0.3) is 0 Å². The summed E-state index contributed by atoms with van der Waals surface area (Å²) in [6.45, 7) is 1.85. The zero-order valence-corrected chi connectivity index (χ0v) is 13.6. The lowest BCUT2D eigenvalue weighted by atomic mass is 10.1. The molecule has 0 bridgehead atoms. The Kier molecular flexibility index (Phi) is 3.96. The maximum atomic E-state index is 11.9. The van der Waals surface area contributed by atoms with Gasteiger partial charge in [0.05, 0.1) is 7.11 Å². The second-order valence-electron chi connectivity index (χ2n) is 6.08. The summed E-state index contributed by atoms with van der Waals surface area (Å²) in [4.78, 5) is 11.9. The molecule has 1 aromatic heterocycles. The van der Waals surface area contributed by atoms with Crippen molar-refractivity contribution in [1.29, 1.82) is 0 Å². The van der Waals surface area contributed by atoms with Crippen molar-refractivity contribution in [2.45, 2.75) is 55.3 Å². The first-order valence-corrected chi connectivity index (χ1v) is 8.42. The minimum Gasteiger partial charge on any atom is -0.468 e. The van der Waals surface area contributed by atoms with E-state index in [1.165, 1.54) is 32.8 Å². The number of hydrogen-bond donors (Lipinski definition) is 1. The van der Waals surface area contributed by atoms with Gasteiger partial charge >= 0.3 is 5.97 Å². The highest BCUT2D eigenvalue weighted by Crippen LogP contribution is 2.46. The van der Waals surface area contributed by atoms with Crippen LogP contribution in [0.25, 0.3) is 0 Å². The highest BCUT2D eigenvalue weighted by atomic mass is 32.2. The van der Waals surface area contributed by atoms with Gasteiger partial charge < -0.3 is 14.6 Å². The van der Waals surface area contributed by atoms with Gasteiger partial charge in [0.15, 0.2) is 5.16 Å². The Morgan fingerprint density at radius 3 is 2.67 bits per heavy atom. The van der Waals surface area contributed by atoms with Crippen LogP contribution in [-0.2, 0) is 9.53 Å². The van der Waals surface area contributed by atoms with Gasteiger partial charge in [-0.15, -0.1) is 10.2 Å². The van der Waals surface area contributed by atoms with Crippen molar-refractivity contribution in [3.63, 3.8) is 0 Å². The van der Waals surface area contributed by atoms with E-state index in [-0.39, 0.29) is 5.97 Å². The summed E-state index contributed by atoms with van der Waals surface area (Å²) in [7, 11) is 3.19. The van der Waals surface area contributed by atoms with Crippen molar-refractivity contribution < 1.29 is 9.53 Å². The van der Waals surface area contributed by atoms with Crippen molar-refractivity contribution in [1.82, 2.24) is 20.1 Å². The van der Waals surface area contributed by atoms with Crippen LogP contribution in [0.1, 0.15) is 50.4 Å². The van der Waals surface area contributed by atoms with Crippen LogP contribution in [0.3, 0.4) is 0 Å². The van der Waals surface area contributed by atoms with Gasteiger partial charge in [-0.25, -0.2) is 0 Å². The first-order chi connectivity index (χ1) is 10.1. The molecule has 2 aliphatic rings. The van der Waals surface area contributed by atoms with Crippen molar-refractivity contribution in [2.75, 3.05) is 19.9 Å². The predicted molar refractivity (Wildman–Crippen MR) is 80.5 cm³/mol. The van der Waals surface area contributed by atoms with Crippen molar-refractivity contribution >= 4 is 17.7 Å². The minimum atomic E-state index is -0.709. The zero-order valence-electron chi connectivity index (χ0n) is 12.8. The molecule has 2 aliphatic carbocycles. The molecule has 1 aromatic rings. The van der Waals surface area contributed by atoms with Gasteiger partial charge in [-0.1, -0.05) is 11.8 Å². The summed E-state index contributed by atoms with van der Waals surface area (Å²) in [5.41, 5.74) is -0.709. The highest BCUT2D eigenvalue weighted by molar-refractivity contribution is 7.99. The Bertz CT molecular complexity index is 539. The van der Waals surface area contributed by atoms with E-state index in [1.807, 2.05) is 6.92 Å². The van der Waals surface area contributed by atoms with E-state index in [0.29, 0.717) is 17.7 Å². The molecule has 0 aromatic carbocycles. The molecule has 0 radical (unpaired) electrons. The van der Waals surface area contributed by atoms with Crippen molar-refractivity contribution in [3.8, 4) is 0 Å². The summed E-state index contributed by atoms with van der Waals surface area (Å²) in [6.07, 6.45) is 4.88. The van der Waals surface area contributed by atoms with Crippen LogP contribution >= 0.6 is 11.8 Å². The molecule has 0 spiro atoms. The number of hydrogen-bond acceptors (Lipinski definition) is 6. The minimum absolute atomic E-state index is 0.252. The Balaban J connectivity index is 1.74. The quantitative estimate of drug-likeness (QED) is 0.611. The fraction of sp³-hybridized carbons (Fsp3) is 0.786. The van der Waals surface area contributed by atoms with E-state index in [2.05, 4.69) is 20.1 Å². The monoisotopic (exact) mass is 310 g/mol. The van der Waals surface area contributed by atoms with Gasteiger partial charge in [-0.2, -0.15) is 0 Å². The van der Waals surface area contributed by atoms with Crippen LogP contribution in [0.15, 0.2) is 5.16 Å². The molecule has 0 amide bonds. The van der Waals surface area contributed by atoms with E-state index < -0.39 is 5.54 Å². The summed E-state index contributed by atoms with van der Waals surface area (Å²) in [5.74, 6) is 2.07. The number of nitrogens with zero attached hydrogens (tertiary/aromatic N) is 3. The number of aromatic nitrogens is 3. The maximum Gasteiger partial charge on any atom is 0.326 e. The van der Waals surface area contributed by atoms with E-state index in [1.54, 1.807) is 18.8 Å². The molecule has 1 N–H and O–H groups in total. The van der Waals surface area contributed by atoms with Crippen LogP contribution in [0, 0.1) is 0 Å². The lowest BCUT2D eigenvalue weighted by Gasteiger charge is -2.25. The van der Waals surface area contributed by atoms with Gasteiger partial charge in [-0.3, -0.25) is 4.79 Å². The molecule has 0 saturated heterocycles. The second kappa shape index (κ2) is 5.61. The number of esters is 1. The molecule has 1 unspecified atom stereocenters. The molecule has 2 saturated carbocycles. The van der Waals surface area contributed by atoms with Gasteiger partial charge in [0.1, 0.15) is 11.4 Å². The van der Waals surface area contributed by atoms with Crippen LogP contribution in [0.5, 0.6) is 0 Å². The fourth-order valence-corrected chi connectivity index (χ4v) is 3.51. The van der Waals surface area contributed by atoms with Crippen LogP contribution in [0.2, 0.25) is 0 Å². The molecule has 21 heavy (non-hydrogen) atoms. The Hall–Kier alpha value is -1.08. The third kappa shape index (κ3) is 2.94. The van der Waals surface area contributed by atoms with Gasteiger partial charge in [-0.05, 0) is 39.7 Å². The third-order valence-electron chi connectivity index (χ3n) is 4.22. The number of carbonyl (C=O) groups excluding carboxylic acids is 1. The number of rotatable bonds is 7. The van der Waals surface area contributed by atoms with E-state index in [4.69, 9.17) is 4.74 Å². The van der Waals surface area contributed by atoms with Gasteiger partial charge in [0, 0.05) is 17.7 Å². The second-order valence-corrected chi connectivity index (χ2v) is 7.02. The van der Waals surface area contributed by atoms with Crippen LogP contribution in [0.4, 0.5) is 0 Å². The Morgan fingerprint density at radius 1 is 1.43 bits per heavy atom. The van der Waals surface area contributed by atoms with Crippen LogP contribution < -0.4 is 5.32 Å². The lowest BCUT2D eigenvalue weighted by molar-refractivity contribution is -0.146. The van der Waals surface area contributed by atoms with E-state index >= 15 is 0 Å². The SMILES string of the molecule is CNC(C)(CSc1nnc(C2CC2)n1C1CC1)C(=O)OC. The summed E-state index contributed by atoms with van der Waals surface area (Å²) < 4.78 is 7.18. The summed E-state index contributed by atoms with van der Waals surface area (Å²) in [6, 6.07) is 0.567. The molecule has 0 aliphatic heterocycles. The number of nitrogens with one attached hydrogen (secondary N) is 1. The number of carbonyl (C=O) groups is 1. The van der Waals surface area contributed by atoms with Gasteiger partial charge in [0.2, 0.25) is 0 Å². The number of thioether (sulfide) groups is 1. The summed E-state index contributed by atoms with van der Waals surface area (Å²) >= 11 is 1.58.